The molecule has 1 saturated heterocycles. The quantitative estimate of drug-likeness (QED) is 0.864. The Morgan fingerprint density at radius 2 is 1.92 bits per heavy atom. The summed E-state index contributed by atoms with van der Waals surface area (Å²) in [7, 11) is 0. The summed E-state index contributed by atoms with van der Waals surface area (Å²) < 4.78 is 1.28. The highest BCUT2D eigenvalue weighted by atomic mass is 16.4. The van der Waals surface area contributed by atoms with E-state index in [-0.39, 0.29) is 17.4 Å². The van der Waals surface area contributed by atoms with Gasteiger partial charge in [-0.05, 0) is 31.4 Å². The van der Waals surface area contributed by atoms with Gasteiger partial charge in [-0.3, -0.25) is 14.4 Å². The van der Waals surface area contributed by atoms with Crippen LogP contribution in [0.2, 0.25) is 0 Å². The van der Waals surface area contributed by atoms with Gasteiger partial charge in [-0.15, -0.1) is 5.10 Å². The Morgan fingerprint density at radius 3 is 2.64 bits per heavy atom. The normalized spacial score (nSPS) is 15.4. The van der Waals surface area contributed by atoms with Crippen molar-refractivity contribution < 1.29 is 14.7 Å². The number of aromatic nitrogens is 3. The second-order valence-electron chi connectivity index (χ2n) is 6.23. The van der Waals surface area contributed by atoms with Crippen molar-refractivity contribution in [2.24, 2.45) is 5.92 Å². The summed E-state index contributed by atoms with van der Waals surface area (Å²) in [6.45, 7) is 1.28. The van der Waals surface area contributed by atoms with Gasteiger partial charge in [-0.2, -0.15) is 0 Å². The van der Waals surface area contributed by atoms with E-state index in [1.54, 1.807) is 29.2 Å². The summed E-state index contributed by atoms with van der Waals surface area (Å²) in [4.78, 5) is 37.2. The van der Waals surface area contributed by atoms with Gasteiger partial charge in [-0.25, -0.2) is 4.68 Å². The van der Waals surface area contributed by atoms with Crippen molar-refractivity contribution in [1.82, 2.24) is 19.9 Å². The van der Waals surface area contributed by atoms with Crippen molar-refractivity contribution in [2.45, 2.75) is 32.2 Å². The van der Waals surface area contributed by atoms with Gasteiger partial charge in [0.1, 0.15) is 5.52 Å². The van der Waals surface area contributed by atoms with E-state index in [4.69, 9.17) is 5.11 Å². The Balaban J connectivity index is 1.53. The molecule has 1 amide bonds. The highest BCUT2D eigenvalue weighted by molar-refractivity contribution is 5.77. The van der Waals surface area contributed by atoms with E-state index in [9.17, 15) is 14.4 Å². The number of carboxylic acid groups (broad SMARTS) is 1. The lowest BCUT2D eigenvalue weighted by Crippen LogP contribution is -2.40. The fraction of sp³-hybridized carbons (Fsp3) is 0.471. The summed E-state index contributed by atoms with van der Waals surface area (Å²) in [6, 6.07) is 7.02. The Bertz CT molecular complexity index is 840. The molecular formula is C17H20N4O4. The molecule has 0 aliphatic carbocycles. The number of rotatable bonds is 5. The maximum absolute atomic E-state index is 12.3. The first-order valence-corrected chi connectivity index (χ1v) is 8.39. The van der Waals surface area contributed by atoms with Crippen LogP contribution < -0.4 is 5.56 Å². The third kappa shape index (κ3) is 3.84. The van der Waals surface area contributed by atoms with Gasteiger partial charge in [0.15, 0.2) is 0 Å². The van der Waals surface area contributed by atoms with Crippen LogP contribution >= 0.6 is 0 Å². The van der Waals surface area contributed by atoms with Crippen molar-refractivity contribution in [3.05, 3.63) is 34.6 Å². The lowest BCUT2D eigenvalue weighted by Gasteiger charge is -2.30. The Hall–Kier alpha value is -2.77. The molecule has 1 aliphatic heterocycles. The van der Waals surface area contributed by atoms with Crippen LogP contribution in [-0.2, 0) is 16.1 Å². The monoisotopic (exact) mass is 344 g/mol. The molecule has 1 aliphatic rings. The Morgan fingerprint density at radius 1 is 1.20 bits per heavy atom. The number of hydrogen-bond donors (Lipinski definition) is 1. The molecular weight excluding hydrogens is 324 g/mol. The van der Waals surface area contributed by atoms with E-state index in [2.05, 4.69) is 10.3 Å². The number of carbonyl (C=O) groups excluding carboxylic acids is 1. The van der Waals surface area contributed by atoms with E-state index < -0.39 is 5.97 Å². The standard InChI is InChI=1S/C17H20N4O4/c22-15(20-10-7-12(8-11-20)17(24)25)6-3-9-21-16(23)13-4-1-2-5-14(13)18-19-21/h1-2,4-5,12H,3,6-11H2,(H,24,25). The second-order valence-corrected chi connectivity index (χ2v) is 6.23. The van der Waals surface area contributed by atoms with E-state index in [1.165, 1.54) is 4.68 Å². The minimum Gasteiger partial charge on any atom is -0.481 e. The Kier molecular flexibility index (Phi) is 5.06. The molecule has 1 aromatic carbocycles. The number of carbonyl (C=O) groups is 2. The summed E-state index contributed by atoms with van der Waals surface area (Å²) in [5.41, 5.74) is 0.349. The predicted molar refractivity (Wildman–Crippen MR) is 90.0 cm³/mol. The molecule has 0 unspecified atom stereocenters. The number of hydrogen-bond acceptors (Lipinski definition) is 5. The number of fused-ring (bicyclic) bond motifs is 1. The zero-order chi connectivity index (χ0) is 17.8. The van der Waals surface area contributed by atoms with Crippen molar-refractivity contribution in [1.29, 1.82) is 0 Å². The predicted octanol–water partition coefficient (Wildman–Crippen LogP) is 0.895. The summed E-state index contributed by atoms with van der Waals surface area (Å²) >= 11 is 0. The van der Waals surface area contributed by atoms with Crippen LogP contribution in [0.25, 0.3) is 10.9 Å². The maximum Gasteiger partial charge on any atom is 0.306 e. The molecule has 0 bridgehead atoms. The van der Waals surface area contributed by atoms with Crippen LogP contribution in [0, 0.1) is 5.92 Å². The molecule has 3 rings (SSSR count). The Labute approximate surface area is 144 Å². The highest BCUT2D eigenvalue weighted by Gasteiger charge is 2.26. The van der Waals surface area contributed by atoms with Crippen LogP contribution in [-0.4, -0.2) is 50.0 Å². The second kappa shape index (κ2) is 7.42. The van der Waals surface area contributed by atoms with Gasteiger partial charge in [0.05, 0.1) is 11.3 Å². The molecule has 0 saturated carbocycles. The van der Waals surface area contributed by atoms with Crippen molar-refractivity contribution >= 4 is 22.8 Å². The first-order valence-electron chi connectivity index (χ1n) is 8.39. The van der Waals surface area contributed by atoms with Crippen LogP contribution in [0.5, 0.6) is 0 Å². The molecule has 0 radical (unpaired) electrons. The van der Waals surface area contributed by atoms with E-state index in [0.717, 1.165) is 0 Å². The molecule has 2 aromatic rings. The molecule has 1 N–H and O–H groups in total. The number of nitrogens with zero attached hydrogens (tertiary/aromatic N) is 4. The average Bonchev–Trinajstić information content (AvgIpc) is 2.64. The number of aryl methyl sites for hydroxylation is 1. The third-order valence-electron chi connectivity index (χ3n) is 4.59. The molecule has 1 aromatic heterocycles. The first kappa shape index (κ1) is 17.1. The lowest BCUT2D eigenvalue weighted by molar-refractivity contribution is -0.145. The average molecular weight is 344 g/mol. The number of benzene rings is 1. The van der Waals surface area contributed by atoms with Crippen molar-refractivity contribution in [3.63, 3.8) is 0 Å². The maximum atomic E-state index is 12.3. The minimum absolute atomic E-state index is 0.00867. The van der Waals surface area contributed by atoms with E-state index >= 15 is 0 Å². The topological polar surface area (TPSA) is 105 Å². The van der Waals surface area contributed by atoms with Crippen LogP contribution in [0.4, 0.5) is 0 Å². The summed E-state index contributed by atoms with van der Waals surface area (Å²) in [6.07, 6.45) is 1.79. The van der Waals surface area contributed by atoms with E-state index in [1.807, 2.05) is 0 Å². The van der Waals surface area contributed by atoms with Gasteiger partial charge < -0.3 is 10.0 Å². The zero-order valence-electron chi connectivity index (χ0n) is 13.8. The van der Waals surface area contributed by atoms with Gasteiger partial charge in [0.2, 0.25) is 5.91 Å². The molecule has 2 heterocycles. The SMILES string of the molecule is O=C(O)C1CCN(C(=O)CCCn2nnc3ccccc3c2=O)CC1. The van der Waals surface area contributed by atoms with Crippen molar-refractivity contribution in [3.8, 4) is 0 Å². The minimum atomic E-state index is -0.790. The molecule has 0 atom stereocenters. The lowest BCUT2D eigenvalue weighted by atomic mass is 9.97. The van der Waals surface area contributed by atoms with Crippen LogP contribution in [0.1, 0.15) is 25.7 Å². The fourth-order valence-corrected chi connectivity index (χ4v) is 3.08. The largest absolute Gasteiger partial charge is 0.481 e. The van der Waals surface area contributed by atoms with Crippen molar-refractivity contribution in [2.75, 3.05) is 13.1 Å². The van der Waals surface area contributed by atoms with Gasteiger partial charge in [-0.1, -0.05) is 17.3 Å². The summed E-state index contributed by atoms with van der Waals surface area (Å²) in [5.74, 6) is -1.15. The van der Waals surface area contributed by atoms with Gasteiger partial charge >= 0.3 is 5.97 Å². The van der Waals surface area contributed by atoms with Gasteiger partial charge in [0, 0.05) is 26.1 Å². The van der Waals surface area contributed by atoms with Crippen LogP contribution in [0.15, 0.2) is 29.1 Å². The molecule has 8 heteroatoms. The summed E-state index contributed by atoms with van der Waals surface area (Å²) in [5, 5.41) is 17.4. The zero-order valence-corrected chi connectivity index (χ0v) is 13.8. The number of likely N-dealkylation sites (tertiary alicyclic amines) is 1. The van der Waals surface area contributed by atoms with Gasteiger partial charge in [0.25, 0.3) is 5.56 Å². The smallest absolute Gasteiger partial charge is 0.306 e. The van der Waals surface area contributed by atoms with E-state index in [0.29, 0.717) is 56.2 Å². The highest BCUT2D eigenvalue weighted by Crippen LogP contribution is 2.18. The molecule has 0 spiro atoms. The molecule has 1 fully saturated rings. The first-order chi connectivity index (χ1) is 12.1. The number of piperidine rings is 1. The number of aliphatic carboxylic acids is 1. The molecule has 132 valence electrons. The fourth-order valence-electron chi connectivity index (χ4n) is 3.08. The molecule has 25 heavy (non-hydrogen) atoms. The van der Waals surface area contributed by atoms with Crippen LogP contribution in [0.3, 0.4) is 0 Å². The number of carboxylic acids is 1. The molecule has 8 nitrogen and oxygen atoms in total. The third-order valence-corrected chi connectivity index (χ3v) is 4.59. The number of amides is 1.